The quantitative estimate of drug-likeness (QED) is 0.909. The fourth-order valence-electron chi connectivity index (χ4n) is 2.99. The first-order valence-corrected chi connectivity index (χ1v) is 7.81. The molecule has 0 heterocycles. The number of likely N-dealkylation sites (N-methyl/N-ethyl adjacent to an activating group) is 1. The molecule has 0 saturated carbocycles. The van der Waals surface area contributed by atoms with Crippen LogP contribution in [0.1, 0.15) is 29.7 Å². The molecule has 0 saturated heterocycles. The molecule has 110 valence electrons. The molecular weight excluding hydrogens is 282 g/mol. The van der Waals surface area contributed by atoms with E-state index in [-0.39, 0.29) is 12.1 Å². The van der Waals surface area contributed by atoms with Gasteiger partial charge in [0.25, 0.3) is 0 Å². The molecule has 2 aromatic rings. The van der Waals surface area contributed by atoms with Gasteiger partial charge in [0, 0.05) is 11.4 Å². The molecule has 3 rings (SSSR count). The lowest BCUT2D eigenvalue weighted by Gasteiger charge is -2.23. The smallest absolute Gasteiger partial charge is 0.122 e. The summed E-state index contributed by atoms with van der Waals surface area (Å²) in [4.78, 5) is 0. The molecule has 21 heavy (non-hydrogen) atoms. The summed E-state index contributed by atoms with van der Waals surface area (Å²) in [5.74, 6) is 0.887. The largest absolute Gasteiger partial charge is 0.488 e. The highest BCUT2D eigenvalue weighted by Crippen LogP contribution is 2.34. The Kier molecular flexibility index (Phi) is 4.18. The van der Waals surface area contributed by atoms with Crippen LogP contribution in [0.3, 0.4) is 0 Å². The van der Waals surface area contributed by atoms with Crippen molar-refractivity contribution < 1.29 is 4.74 Å². The van der Waals surface area contributed by atoms with Crippen molar-refractivity contribution in [1.82, 2.24) is 5.32 Å². The van der Waals surface area contributed by atoms with Gasteiger partial charge in [0.05, 0.1) is 6.04 Å². The summed E-state index contributed by atoms with van der Waals surface area (Å²) >= 11 is 6.08. The molecule has 0 bridgehead atoms. The van der Waals surface area contributed by atoms with Crippen LogP contribution in [-0.4, -0.2) is 12.6 Å². The topological polar surface area (TPSA) is 21.3 Å². The van der Waals surface area contributed by atoms with Gasteiger partial charge in [0.1, 0.15) is 11.9 Å². The van der Waals surface area contributed by atoms with Gasteiger partial charge in [-0.2, -0.15) is 0 Å². The van der Waals surface area contributed by atoms with Gasteiger partial charge in [0.15, 0.2) is 0 Å². The molecule has 2 unspecified atom stereocenters. The molecule has 2 aromatic carbocycles. The maximum Gasteiger partial charge on any atom is 0.122 e. The van der Waals surface area contributed by atoms with E-state index in [1.54, 1.807) is 0 Å². The minimum absolute atomic E-state index is 0.128. The summed E-state index contributed by atoms with van der Waals surface area (Å²) in [6.07, 6.45) is 1.07. The Labute approximate surface area is 131 Å². The molecule has 1 aliphatic carbocycles. The monoisotopic (exact) mass is 301 g/mol. The third-order valence-electron chi connectivity index (χ3n) is 4.02. The lowest BCUT2D eigenvalue weighted by molar-refractivity contribution is 0.168. The van der Waals surface area contributed by atoms with Crippen molar-refractivity contribution in [1.29, 1.82) is 0 Å². The highest BCUT2D eigenvalue weighted by atomic mass is 35.5. The van der Waals surface area contributed by atoms with Gasteiger partial charge in [-0.25, -0.2) is 0 Å². The zero-order valence-corrected chi connectivity index (χ0v) is 13.2. The van der Waals surface area contributed by atoms with Crippen molar-refractivity contribution in [3.63, 3.8) is 0 Å². The Bertz CT molecular complexity index is 641. The predicted octanol–water partition coefficient (Wildman–Crippen LogP) is 4.30. The number of ether oxygens (including phenoxy) is 1. The van der Waals surface area contributed by atoms with E-state index >= 15 is 0 Å². The average molecular weight is 302 g/mol. The summed E-state index contributed by atoms with van der Waals surface area (Å²) < 4.78 is 6.24. The van der Waals surface area contributed by atoms with Crippen molar-refractivity contribution in [2.45, 2.75) is 32.4 Å². The summed E-state index contributed by atoms with van der Waals surface area (Å²) in [6, 6.07) is 14.7. The van der Waals surface area contributed by atoms with Gasteiger partial charge < -0.3 is 10.1 Å². The van der Waals surface area contributed by atoms with Crippen LogP contribution in [-0.2, 0) is 6.42 Å². The number of rotatable bonds is 4. The molecule has 0 aliphatic heterocycles. The molecule has 0 fully saturated rings. The Balaban J connectivity index is 1.83. The number of benzene rings is 2. The van der Waals surface area contributed by atoms with E-state index in [9.17, 15) is 0 Å². The third kappa shape index (κ3) is 2.92. The molecule has 1 aliphatic rings. The first-order valence-electron chi connectivity index (χ1n) is 7.43. The van der Waals surface area contributed by atoms with Crippen molar-refractivity contribution in [2.75, 3.05) is 6.54 Å². The summed E-state index contributed by atoms with van der Waals surface area (Å²) in [5, 5.41) is 4.32. The molecule has 0 radical (unpaired) electrons. The molecule has 0 amide bonds. The summed E-state index contributed by atoms with van der Waals surface area (Å²) in [5.41, 5.74) is 3.78. The van der Waals surface area contributed by atoms with Crippen LogP contribution in [0, 0.1) is 6.92 Å². The van der Waals surface area contributed by atoms with Crippen molar-refractivity contribution in [3.8, 4) is 5.75 Å². The number of halogens is 1. The first-order chi connectivity index (χ1) is 10.2. The van der Waals surface area contributed by atoms with Gasteiger partial charge in [-0.3, -0.25) is 0 Å². The Hall–Kier alpha value is -1.51. The maximum absolute atomic E-state index is 6.24. The van der Waals surface area contributed by atoms with Crippen LogP contribution in [0.25, 0.3) is 0 Å². The second-order valence-electron chi connectivity index (χ2n) is 5.51. The number of hydrogen-bond donors (Lipinski definition) is 1. The van der Waals surface area contributed by atoms with Crippen LogP contribution in [0.4, 0.5) is 0 Å². The van der Waals surface area contributed by atoms with Gasteiger partial charge in [-0.1, -0.05) is 42.8 Å². The van der Waals surface area contributed by atoms with Crippen LogP contribution in [0.5, 0.6) is 5.75 Å². The number of hydrogen-bond acceptors (Lipinski definition) is 2. The first kappa shape index (κ1) is 14.4. The summed E-state index contributed by atoms with van der Waals surface area (Å²) in [7, 11) is 0. The number of aryl methyl sites for hydroxylation is 1. The average Bonchev–Trinajstić information content (AvgIpc) is 2.81. The highest BCUT2D eigenvalue weighted by molar-refractivity contribution is 6.31. The SMILES string of the molecule is CCNC1c2ccccc2CC1Oc1ccc(Cl)c(C)c1. The predicted molar refractivity (Wildman–Crippen MR) is 87.2 cm³/mol. The van der Waals surface area contributed by atoms with E-state index in [0.717, 1.165) is 29.3 Å². The van der Waals surface area contributed by atoms with Crippen molar-refractivity contribution in [2.24, 2.45) is 0 Å². The van der Waals surface area contributed by atoms with E-state index in [2.05, 4.69) is 36.5 Å². The Morgan fingerprint density at radius 1 is 1.24 bits per heavy atom. The normalized spacial score (nSPS) is 20.3. The lowest BCUT2D eigenvalue weighted by atomic mass is 10.1. The molecular formula is C18H20ClNO. The zero-order chi connectivity index (χ0) is 14.8. The number of fused-ring (bicyclic) bond motifs is 1. The second-order valence-corrected chi connectivity index (χ2v) is 5.91. The molecule has 0 spiro atoms. The molecule has 2 nitrogen and oxygen atoms in total. The number of nitrogens with one attached hydrogen (secondary N) is 1. The zero-order valence-electron chi connectivity index (χ0n) is 12.4. The third-order valence-corrected chi connectivity index (χ3v) is 4.45. The van der Waals surface area contributed by atoms with E-state index in [4.69, 9.17) is 16.3 Å². The second kappa shape index (κ2) is 6.08. The highest BCUT2D eigenvalue weighted by Gasteiger charge is 2.33. The molecule has 1 N–H and O–H groups in total. The van der Waals surface area contributed by atoms with E-state index in [0.29, 0.717) is 0 Å². The lowest BCUT2D eigenvalue weighted by Crippen LogP contribution is -2.32. The van der Waals surface area contributed by atoms with Gasteiger partial charge in [-0.15, -0.1) is 0 Å². The molecule has 3 heteroatoms. The summed E-state index contributed by atoms with van der Waals surface area (Å²) in [6.45, 7) is 5.06. The minimum Gasteiger partial charge on any atom is -0.488 e. The van der Waals surface area contributed by atoms with Crippen LogP contribution in [0.15, 0.2) is 42.5 Å². The maximum atomic E-state index is 6.24. The molecule has 0 aromatic heterocycles. The standard InChI is InChI=1S/C18H20ClNO/c1-3-20-18-15-7-5-4-6-13(15)11-17(18)21-14-8-9-16(19)12(2)10-14/h4-10,17-18,20H,3,11H2,1-2H3. The van der Waals surface area contributed by atoms with Gasteiger partial charge in [-0.05, 0) is 48.4 Å². The van der Waals surface area contributed by atoms with Gasteiger partial charge >= 0.3 is 0 Å². The Morgan fingerprint density at radius 2 is 2.05 bits per heavy atom. The fourth-order valence-corrected chi connectivity index (χ4v) is 3.11. The fraction of sp³-hybridized carbons (Fsp3) is 0.333. The van der Waals surface area contributed by atoms with Crippen LogP contribution < -0.4 is 10.1 Å². The van der Waals surface area contributed by atoms with Crippen LogP contribution >= 0.6 is 11.6 Å². The van der Waals surface area contributed by atoms with E-state index < -0.39 is 0 Å². The van der Waals surface area contributed by atoms with E-state index in [1.165, 1.54) is 11.1 Å². The van der Waals surface area contributed by atoms with Crippen LogP contribution in [0.2, 0.25) is 5.02 Å². The Morgan fingerprint density at radius 3 is 2.81 bits per heavy atom. The molecule has 2 atom stereocenters. The van der Waals surface area contributed by atoms with E-state index in [1.807, 2.05) is 25.1 Å². The van der Waals surface area contributed by atoms with Crippen molar-refractivity contribution in [3.05, 3.63) is 64.2 Å². The van der Waals surface area contributed by atoms with Crippen molar-refractivity contribution >= 4 is 11.6 Å². The van der Waals surface area contributed by atoms with Gasteiger partial charge in [0.2, 0.25) is 0 Å². The minimum atomic E-state index is 0.128.